The zero-order valence-electron chi connectivity index (χ0n) is 13.4. The van der Waals surface area contributed by atoms with Crippen LogP contribution in [0.5, 0.6) is 0 Å². The summed E-state index contributed by atoms with van der Waals surface area (Å²) in [5, 5.41) is 11.2. The Morgan fingerprint density at radius 1 is 1.04 bits per heavy atom. The summed E-state index contributed by atoms with van der Waals surface area (Å²) in [7, 11) is 0. The van der Waals surface area contributed by atoms with Gasteiger partial charge in [0, 0.05) is 5.69 Å². The summed E-state index contributed by atoms with van der Waals surface area (Å²) in [6.45, 7) is 4.34. The number of nitrogens with one attached hydrogen (secondary N) is 1. The summed E-state index contributed by atoms with van der Waals surface area (Å²) in [4.78, 5) is 12.5. The van der Waals surface area contributed by atoms with Crippen LogP contribution in [0.25, 0.3) is 11.0 Å². The summed E-state index contributed by atoms with van der Waals surface area (Å²) < 4.78 is 1.63. The van der Waals surface area contributed by atoms with Gasteiger partial charge in [0.15, 0.2) is 0 Å². The molecule has 118 valence electrons. The molecule has 0 aliphatic heterocycles. The zero-order valence-corrected chi connectivity index (χ0v) is 13.4. The van der Waals surface area contributed by atoms with Crippen molar-refractivity contribution in [2.75, 3.05) is 5.32 Å². The van der Waals surface area contributed by atoms with Gasteiger partial charge < -0.3 is 5.32 Å². The average molecular weight is 308 g/mol. The molecule has 1 N–H and O–H groups in total. The molecule has 0 saturated heterocycles. The van der Waals surface area contributed by atoms with Gasteiger partial charge in [0.1, 0.15) is 12.1 Å². The molecule has 0 saturated carbocycles. The molecule has 1 aromatic heterocycles. The first kappa shape index (κ1) is 15.2. The van der Waals surface area contributed by atoms with E-state index in [1.54, 1.807) is 4.68 Å². The Balaban J connectivity index is 1.83. The Morgan fingerprint density at radius 3 is 2.43 bits per heavy atom. The van der Waals surface area contributed by atoms with Gasteiger partial charge in [0.2, 0.25) is 5.91 Å². The van der Waals surface area contributed by atoms with Gasteiger partial charge in [-0.05, 0) is 36.1 Å². The minimum absolute atomic E-state index is 0.0868. The highest BCUT2D eigenvalue weighted by Gasteiger charge is 2.12. The highest BCUT2D eigenvalue weighted by molar-refractivity contribution is 5.93. The normalized spacial score (nSPS) is 10.9. The number of aryl methyl sites for hydroxylation is 2. The molecule has 0 aliphatic rings. The van der Waals surface area contributed by atoms with E-state index in [2.05, 4.69) is 41.6 Å². The lowest BCUT2D eigenvalue weighted by Gasteiger charge is -2.14. The second-order valence-corrected chi connectivity index (χ2v) is 5.44. The molecule has 0 fully saturated rings. The summed E-state index contributed by atoms with van der Waals surface area (Å²) in [6.07, 6.45) is 1.77. The van der Waals surface area contributed by atoms with Crippen LogP contribution in [0.4, 0.5) is 5.69 Å². The third-order valence-electron chi connectivity index (χ3n) is 3.98. The molecule has 23 heavy (non-hydrogen) atoms. The number of nitrogens with zero attached hydrogens (tertiary/aromatic N) is 3. The fraction of sp³-hybridized carbons (Fsp3) is 0.278. The Bertz CT molecular complexity index is 816. The highest BCUT2D eigenvalue weighted by atomic mass is 16.2. The molecule has 3 rings (SSSR count). The maximum atomic E-state index is 12.5. The predicted octanol–water partition coefficient (Wildman–Crippen LogP) is 3.19. The van der Waals surface area contributed by atoms with Crippen molar-refractivity contribution >= 4 is 22.6 Å². The monoisotopic (exact) mass is 308 g/mol. The van der Waals surface area contributed by atoms with Crippen molar-refractivity contribution in [2.45, 2.75) is 33.2 Å². The van der Waals surface area contributed by atoms with Crippen LogP contribution in [0.3, 0.4) is 0 Å². The third kappa shape index (κ3) is 3.08. The van der Waals surface area contributed by atoms with E-state index in [1.807, 2.05) is 30.3 Å². The maximum absolute atomic E-state index is 12.5. The fourth-order valence-electron chi connectivity index (χ4n) is 2.75. The quantitative estimate of drug-likeness (QED) is 0.787. The molecule has 5 nitrogen and oxygen atoms in total. The standard InChI is InChI=1S/C18H20N4O/c1-3-13-8-7-9-14(4-2)18(13)19-17(23)12-22-16-11-6-5-10-15(16)20-21-22/h5-11H,3-4,12H2,1-2H3,(H,19,23). The SMILES string of the molecule is CCc1cccc(CC)c1NC(=O)Cn1nnc2ccccc21. The highest BCUT2D eigenvalue weighted by Crippen LogP contribution is 2.22. The second-order valence-electron chi connectivity index (χ2n) is 5.44. The number of para-hydroxylation sites is 2. The second kappa shape index (κ2) is 6.60. The van der Waals surface area contributed by atoms with E-state index in [4.69, 9.17) is 0 Å². The number of rotatable bonds is 5. The Labute approximate surface area is 135 Å². The van der Waals surface area contributed by atoms with Crippen LogP contribution in [-0.2, 0) is 24.2 Å². The topological polar surface area (TPSA) is 59.8 Å². The van der Waals surface area contributed by atoms with Crippen molar-refractivity contribution in [3.8, 4) is 0 Å². The van der Waals surface area contributed by atoms with Crippen LogP contribution in [0, 0.1) is 0 Å². The van der Waals surface area contributed by atoms with Gasteiger partial charge in [-0.2, -0.15) is 0 Å². The van der Waals surface area contributed by atoms with Crippen LogP contribution < -0.4 is 5.32 Å². The Kier molecular flexibility index (Phi) is 4.37. The van der Waals surface area contributed by atoms with Crippen LogP contribution >= 0.6 is 0 Å². The van der Waals surface area contributed by atoms with Gasteiger partial charge in [-0.1, -0.05) is 49.4 Å². The number of hydrogen-bond donors (Lipinski definition) is 1. The van der Waals surface area contributed by atoms with Gasteiger partial charge in [0.25, 0.3) is 0 Å². The molecule has 3 aromatic rings. The van der Waals surface area contributed by atoms with E-state index in [0.29, 0.717) is 0 Å². The van der Waals surface area contributed by atoms with E-state index < -0.39 is 0 Å². The molecule has 0 radical (unpaired) electrons. The van der Waals surface area contributed by atoms with Crippen LogP contribution in [0.15, 0.2) is 42.5 Å². The lowest BCUT2D eigenvalue weighted by molar-refractivity contribution is -0.116. The smallest absolute Gasteiger partial charge is 0.246 e. The van der Waals surface area contributed by atoms with E-state index in [9.17, 15) is 4.79 Å². The minimum atomic E-state index is -0.0868. The van der Waals surface area contributed by atoms with E-state index in [-0.39, 0.29) is 12.5 Å². The van der Waals surface area contributed by atoms with Crippen LogP contribution in [0.1, 0.15) is 25.0 Å². The molecule has 1 heterocycles. The van der Waals surface area contributed by atoms with Gasteiger partial charge in [-0.3, -0.25) is 4.79 Å². The summed E-state index contributed by atoms with van der Waals surface area (Å²) in [5.74, 6) is -0.0868. The molecule has 1 amide bonds. The molecule has 0 unspecified atom stereocenters. The largest absolute Gasteiger partial charge is 0.324 e. The van der Waals surface area contributed by atoms with Gasteiger partial charge in [-0.25, -0.2) is 4.68 Å². The molecule has 0 aliphatic carbocycles. The van der Waals surface area contributed by atoms with Crippen molar-refractivity contribution < 1.29 is 4.79 Å². The summed E-state index contributed by atoms with van der Waals surface area (Å²) in [6, 6.07) is 13.8. The molecular weight excluding hydrogens is 288 g/mol. The zero-order chi connectivity index (χ0) is 16.2. The first-order valence-corrected chi connectivity index (χ1v) is 7.91. The van der Waals surface area contributed by atoms with Crippen LogP contribution in [-0.4, -0.2) is 20.9 Å². The van der Waals surface area contributed by atoms with Gasteiger partial charge >= 0.3 is 0 Å². The molecular formula is C18H20N4O. The average Bonchev–Trinajstić information content (AvgIpc) is 2.98. The van der Waals surface area contributed by atoms with Crippen molar-refractivity contribution in [2.24, 2.45) is 0 Å². The minimum Gasteiger partial charge on any atom is -0.324 e. The predicted molar refractivity (Wildman–Crippen MR) is 91.4 cm³/mol. The first-order valence-electron chi connectivity index (χ1n) is 7.91. The summed E-state index contributed by atoms with van der Waals surface area (Å²) in [5.41, 5.74) is 4.90. The molecule has 0 spiro atoms. The summed E-state index contributed by atoms with van der Waals surface area (Å²) >= 11 is 0. The van der Waals surface area contributed by atoms with Crippen molar-refractivity contribution in [3.63, 3.8) is 0 Å². The van der Waals surface area contributed by atoms with E-state index >= 15 is 0 Å². The lowest BCUT2D eigenvalue weighted by Crippen LogP contribution is -2.21. The van der Waals surface area contributed by atoms with E-state index in [1.165, 1.54) is 0 Å². The lowest BCUT2D eigenvalue weighted by atomic mass is 10.0. The van der Waals surface area contributed by atoms with Crippen molar-refractivity contribution in [1.82, 2.24) is 15.0 Å². The van der Waals surface area contributed by atoms with Gasteiger partial charge in [-0.15, -0.1) is 5.10 Å². The third-order valence-corrected chi connectivity index (χ3v) is 3.98. The molecule has 5 heteroatoms. The Hall–Kier alpha value is -2.69. The van der Waals surface area contributed by atoms with E-state index in [0.717, 1.165) is 40.7 Å². The van der Waals surface area contributed by atoms with Gasteiger partial charge in [0.05, 0.1) is 5.52 Å². The molecule has 2 aromatic carbocycles. The number of carbonyl (C=O) groups is 1. The fourth-order valence-corrected chi connectivity index (χ4v) is 2.75. The Morgan fingerprint density at radius 2 is 1.74 bits per heavy atom. The number of amides is 1. The number of anilines is 1. The number of benzene rings is 2. The maximum Gasteiger partial charge on any atom is 0.246 e. The molecule has 0 bridgehead atoms. The first-order chi connectivity index (χ1) is 11.2. The molecule has 0 atom stereocenters. The number of carbonyl (C=O) groups excluding carboxylic acids is 1. The number of aromatic nitrogens is 3. The number of hydrogen-bond acceptors (Lipinski definition) is 3. The van der Waals surface area contributed by atoms with Crippen molar-refractivity contribution in [1.29, 1.82) is 0 Å². The number of fused-ring (bicyclic) bond motifs is 1. The van der Waals surface area contributed by atoms with Crippen LogP contribution in [0.2, 0.25) is 0 Å². The van der Waals surface area contributed by atoms with Crippen molar-refractivity contribution in [3.05, 3.63) is 53.6 Å².